The molecule has 0 saturated carbocycles. The minimum absolute atomic E-state index is 0.115. The van der Waals surface area contributed by atoms with Crippen LogP contribution in [-0.2, 0) is 0 Å². The molecule has 1 aliphatic rings. The smallest absolute Gasteiger partial charge is 0.253 e. The van der Waals surface area contributed by atoms with Gasteiger partial charge in [-0.3, -0.25) is 4.79 Å². The van der Waals surface area contributed by atoms with Crippen LogP contribution in [-0.4, -0.2) is 35.8 Å². The zero-order valence-electron chi connectivity index (χ0n) is 10.7. The molecular weight excluding hydrogens is 294 g/mol. The maximum Gasteiger partial charge on any atom is 0.253 e. The van der Waals surface area contributed by atoms with Gasteiger partial charge in [0.1, 0.15) is 5.75 Å². The molecule has 0 bridgehead atoms. The molecule has 4 heteroatoms. The van der Waals surface area contributed by atoms with Gasteiger partial charge in [0, 0.05) is 23.5 Å². The summed E-state index contributed by atoms with van der Waals surface area (Å²) in [4.78, 5) is 14.8. The number of amides is 1. The highest BCUT2D eigenvalue weighted by atomic mass is 79.9. The fourth-order valence-electron chi connectivity index (χ4n) is 2.22. The first-order valence-corrected chi connectivity index (χ1v) is 7.10. The van der Waals surface area contributed by atoms with Gasteiger partial charge in [0.2, 0.25) is 0 Å². The number of hydrogen-bond acceptors (Lipinski definition) is 2. The second-order valence-electron chi connectivity index (χ2n) is 4.76. The van der Waals surface area contributed by atoms with Crippen molar-refractivity contribution in [2.24, 2.45) is 5.92 Å². The second-order valence-corrected chi connectivity index (χ2v) is 5.94. The number of nitrogens with zero attached hydrogens (tertiary/aromatic N) is 1. The number of piperidine rings is 1. The molecule has 3 nitrogen and oxygen atoms in total. The lowest BCUT2D eigenvalue weighted by atomic mass is 9.99. The highest BCUT2D eigenvalue weighted by molar-refractivity contribution is 9.09. The van der Waals surface area contributed by atoms with Gasteiger partial charge in [0.25, 0.3) is 5.91 Å². The number of likely N-dealkylation sites (tertiary alicyclic amines) is 1. The summed E-state index contributed by atoms with van der Waals surface area (Å²) >= 11 is 3.65. The molecule has 18 heavy (non-hydrogen) atoms. The molecule has 0 radical (unpaired) electrons. The summed E-state index contributed by atoms with van der Waals surface area (Å²) in [7, 11) is 1.62. The molecule has 0 N–H and O–H groups in total. The van der Waals surface area contributed by atoms with Crippen molar-refractivity contribution < 1.29 is 9.53 Å². The average molecular weight is 312 g/mol. The van der Waals surface area contributed by atoms with Crippen LogP contribution in [0.3, 0.4) is 0 Å². The molecule has 1 heterocycles. The van der Waals surface area contributed by atoms with Crippen molar-refractivity contribution in [3.05, 3.63) is 29.8 Å². The van der Waals surface area contributed by atoms with E-state index in [1.54, 1.807) is 7.11 Å². The molecule has 0 aliphatic carbocycles. The zero-order chi connectivity index (χ0) is 13.1. The summed E-state index contributed by atoms with van der Waals surface area (Å²) in [6.45, 7) is 3.82. The average Bonchev–Trinajstić information content (AvgIpc) is 2.41. The maximum absolute atomic E-state index is 12.3. The summed E-state index contributed by atoms with van der Waals surface area (Å²) in [6, 6.07) is 7.31. The zero-order valence-corrected chi connectivity index (χ0v) is 12.3. The van der Waals surface area contributed by atoms with Crippen LogP contribution in [0.5, 0.6) is 5.75 Å². The highest BCUT2D eigenvalue weighted by Gasteiger charge is 2.27. The Labute approximate surface area is 116 Å². The first kappa shape index (κ1) is 13.4. The van der Waals surface area contributed by atoms with Gasteiger partial charge in [0.15, 0.2) is 0 Å². The van der Waals surface area contributed by atoms with E-state index in [0.29, 0.717) is 10.7 Å². The third-order valence-electron chi connectivity index (χ3n) is 3.42. The van der Waals surface area contributed by atoms with Crippen LogP contribution in [0, 0.1) is 5.92 Å². The van der Waals surface area contributed by atoms with Crippen LogP contribution in [0.4, 0.5) is 0 Å². The van der Waals surface area contributed by atoms with E-state index in [-0.39, 0.29) is 5.91 Å². The van der Waals surface area contributed by atoms with Crippen molar-refractivity contribution in [3.8, 4) is 5.75 Å². The van der Waals surface area contributed by atoms with Crippen molar-refractivity contribution in [1.29, 1.82) is 0 Å². The second kappa shape index (κ2) is 5.74. The number of alkyl halides is 1. The predicted octanol–water partition coefficient (Wildman–Crippen LogP) is 2.94. The third-order valence-corrected chi connectivity index (χ3v) is 4.79. The number of ether oxygens (including phenoxy) is 1. The van der Waals surface area contributed by atoms with Crippen LogP contribution in [0.1, 0.15) is 23.7 Å². The third kappa shape index (κ3) is 2.86. The number of hydrogen-bond donors (Lipinski definition) is 0. The quantitative estimate of drug-likeness (QED) is 0.786. The lowest BCUT2D eigenvalue weighted by Crippen LogP contribution is -2.43. The largest absolute Gasteiger partial charge is 0.497 e. The van der Waals surface area contributed by atoms with E-state index >= 15 is 0 Å². The van der Waals surface area contributed by atoms with E-state index in [0.717, 1.165) is 30.8 Å². The molecule has 2 atom stereocenters. The van der Waals surface area contributed by atoms with Gasteiger partial charge in [-0.1, -0.05) is 22.9 Å². The minimum Gasteiger partial charge on any atom is -0.497 e. The van der Waals surface area contributed by atoms with Crippen molar-refractivity contribution >= 4 is 21.8 Å². The Hall–Kier alpha value is -1.03. The van der Waals surface area contributed by atoms with Crippen LogP contribution >= 0.6 is 15.9 Å². The van der Waals surface area contributed by atoms with E-state index in [2.05, 4.69) is 22.9 Å². The first-order valence-electron chi connectivity index (χ1n) is 6.19. The van der Waals surface area contributed by atoms with Crippen LogP contribution in [0.25, 0.3) is 0 Å². The Morgan fingerprint density at radius 1 is 1.39 bits per heavy atom. The number of carbonyl (C=O) groups is 1. The van der Waals surface area contributed by atoms with E-state index in [4.69, 9.17) is 4.74 Å². The summed E-state index contributed by atoms with van der Waals surface area (Å²) < 4.78 is 5.09. The number of methoxy groups -OCH3 is 1. The lowest BCUT2D eigenvalue weighted by molar-refractivity contribution is 0.0690. The predicted molar refractivity (Wildman–Crippen MR) is 75.4 cm³/mol. The monoisotopic (exact) mass is 311 g/mol. The van der Waals surface area contributed by atoms with E-state index in [1.165, 1.54) is 0 Å². The number of halogens is 1. The van der Waals surface area contributed by atoms with Gasteiger partial charge in [-0.25, -0.2) is 0 Å². The Morgan fingerprint density at radius 3 is 2.61 bits per heavy atom. The van der Waals surface area contributed by atoms with Gasteiger partial charge in [-0.05, 0) is 36.6 Å². The Bertz CT molecular complexity index is 418. The van der Waals surface area contributed by atoms with Crippen molar-refractivity contribution in [2.75, 3.05) is 20.2 Å². The SMILES string of the molecule is COc1ccc(C(=O)N2CCC(Br)C(C)C2)cc1. The Morgan fingerprint density at radius 2 is 2.06 bits per heavy atom. The van der Waals surface area contributed by atoms with E-state index in [1.807, 2.05) is 29.2 Å². The first-order chi connectivity index (χ1) is 8.61. The van der Waals surface area contributed by atoms with Crippen molar-refractivity contribution in [3.63, 3.8) is 0 Å². The molecule has 1 aromatic rings. The van der Waals surface area contributed by atoms with Gasteiger partial charge in [-0.15, -0.1) is 0 Å². The van der Waals surface area contributed by atoms with Crippen LogP contribution in [0.15, 0.2) is 24.3 Å². The van der Waals surface area contributed by atoms with Crippen LogP contribution in [0.2, 0.25) is 0 Å². The van der Waals surface area contributed by atoms with Gasteiger partial charge in [0.05, 0.1) is 7.11 Å². The molecular formula is C14H18BrNO2. The number of rotatable bonds is 2. The summed E-state index contributed by atoms with van der Waals surface area (Å²) in [6.07, 6.45) is 1.02. The van der Waals surface area contributed by atoms with Crippen molar-refractivity contribution in [2.45, 2.75) is 18.2 Å². The molecule has 1 amide bonds. The molecule has 1 fully saturated rings. The fourth-order valence-corrected chi connectivity index (χ4v) is 2.59. The Balaban J connectivity index is 2.06. The number of benzene rings is 1. The standard InChI is InChI=1S/C14H18BrNO2/c1-10-9-16(8-7-13(10)15)14(17)11-3-5-12(18-2)6-4-11/h3-6,10,13H,7-9H2,1-2H3. The van der Waals surface area contributed by atoms with Gasteiger partial charge >= 0.3 is 0 Å². The van der Waals surface area contributed by atoms with E-state index < -0.39 is 0 Å². The normalized spacial score (nSPS) is 23.8. The summed E-state index contributed by atoms with van der Waals surface area (Å²) in [5, 5.41) is 0. The Kier molecular flexibility index (Phi) is 4.27. The molecule has 2 unspecified atom stereocenters. The molecule has 1 aromatic carbocycles. The maximum atomic E-state index is 12.3. The lowest BCUT2D eigenvalue weighted by Gasteiger charge is -2.34. The molecule has 0 spiro atoms. The fraction of sp³-hybridized carbons (Fsp3) is 0.500. The summed E-state index contributed by atoms with van der Waals surface area (Å²) in [5.74, 6) is 1.39. The van der Waals surface area contributed by atoms with Gasteiger partial charge < -0.3 is 9.64 Å². The van der Waals surface area contributed by atoms with Crippen molar-refractivity contribution in [1.82, 2.24) is 4.90 Å². The minimum atomic E-state index is 0.115. The summed E-state index contributed by atoms with van der Waals surface area (Å²) in [5.41, 5.74) is 0.732. The number of carbonyl (C=O) groups excluding carboxylic acids is 1. The molecule has 2 rings (SSSR count). The highest BCUT2D eigenvalue weighted by Crippen LogP contribution is 2.24. The van der Waals surface area contributed by atoms with Crippen LogP contribution < -0.4 is 4.74 Å². The topological polar surface area (TPSA) is 29.5 Å². The molecule has 98 valence electrons. The molecule has 1 saturated heterocycles. The van der Waals surface area contributed by atoms with Gasteiger partial charge in [-0.2, -0.15) is 0 Å². The molecule has 0 aromatic heterocycles. The molecule has 1 aliphatic heterocycles. The van der Waals surface area contributed by atoms with E-state index in [9.17, 15) is 4.79 Å².